The van der Waals surface area contributed by atoms with Crippen LogP contribution < -0.4 is 0 Å². The van der Waals surface area contributed by atoms with Crippen LogP contribution in [0.25, 0.3) is 0 Å². The van der Waals surface area contributed by atoms with Gasteiger partial charge in [0.2, 0.25) is 5.91 Å². The van der Waals surface area contributed by atoms with Crippen molar-refractivity contribution in [1.29, 1.82) is 0 Å². The number of ether oxygens (including phenoxy) is 1. The lowest BCUT2D eigenvalue weighted by Gasteiger charge is -2.29. The first kappa shape index (κ1) is 16.5. The molecule has 1 amide bonds. The minimum Gasteiger partial charge on any atom is -0.466 e. The summed E-state index contributed by atoms with van der Waals surface area (Å²) in [6.45, 7) is 2.66. The highest BCUT2D eigenvalue weighted by Crippen LogP contribution is 2.24. The van der Waals surface area contributed by atoms with Gasteiger partial charge in [-0.25, -0.2) is 0 Å². The molecule has 0 aliphatic heterocycles. The highest BCUT2D eigenvalue weighted by atomic mass is 16.5. The fourth-order valence-electron chi connectivity index (χ4n) is 3.04. The molecule has 2 rings (SSSR count). The van der Waals surface area contributed by atoms with E-state index in [0.717, 1.165) is 18.4 Å². The largest absolute Gasteiger partial charge is 0.466 e. The van der Waals surface area contributed by atoms with Crippen molar-refractivity contribution >= 4 is 11.9 Å². The maximum Gasteiger partial charge on any atom is 0.307 e. The predicted octanol–water partition coefficient (Wildman–Crippen LogP) is 2.95. The van der Waals surface area contributed by atoms with Crippen LogP contribution in [0.4, 0.5) is 0 Å². The van der Waals surface area contributed by atoms with Gasteiger partial charge in [-0.3, -0.25) is 9.59 Å². The number of amides is 1. The van der Waals surface area contributed by atoms with Crippen molar-refractivity contribution in [3.8, 4) is 0 Å². The van der Waals surface area contributed by atoms with Gasteiger partial charge < -0.3 is 9.64 Å². The van der Waals surface area contributed by atoms with E-state index in [1.54, 1.807) is 6.92 Å². The van der Waals surface area contributed by atoms with Gasteiger partial charge in [-0.05, 0) is 25.3 Å². The molecule has 1 aliphatic rings. The molecule has 4 nitrogen and oxygen atoms in total. The Morgan fingerprint density at radius 2 is 1.86 bits per heavy atom. The van der Waals surface area contributed by atoms with Gasteiger partial charge in [0.1, 0.15) is 0 Å². The first-order chi connectivity index (χ1) is 10.7. The Bertz CT molecular complexity index is 480. The van der Waals surface area contributed by atoms with Gasteiger partial charge in [0, 0.05) is 12.6 Å². The van der Waals surface area contributed by atoms with Gasteiger partial charge in [0.25, 0.3) is 0 Å². The van der Waals surface area contributed by atoms with E-state index < -0.39 is 0 Å². The molecule has 120 valence electrons. The van der Waals surface area contributed by atoms with E-state index in [2.05, 4.69) is 0 Å². The molecule has 0 saturated heterocycles. The number of carbonyl (C=O) groups is 2. The summed E-state index contributed by atoms with van der Waals surface area (Å²) in [6.07, 6.45) is 5.11. The summed E-state index contributed by atoms with van der Waals surface area (Å²) in [7, 11) is 0. The summed E-state index contributed by atoms with van der Waals surface area (Å²) < 4.78 is 4.98. The molecule has 1 saturated carbocycles. The van der Waals surface area contributed by atoms with Crippen molar-refractivity contribution in [2.45, 2.75) is 51.5 Å². The summed E-state index contributed by atoms with van der Waals surface area (Å²) in [4.78, 5) is 26.1. The molecule has 0 heterocycles. The van der Waals surface area contributed by atoms with Gasteiger partial charge in [0.15, 0.2) is 0 Å². The SMILES string of the molecule is CCOC(=O)CCN(C(=O)Cc1ccccc1)C1CCCC1. The highest BCUT2D eigenvalue weighted by molar-refractivity contribution is 5.80. The Labute approximate surface area is 132 Å². The van der Waals surface area contributed by atoms with Crippen molar-refractivity contribution in [1.82, 2.24) is 4.90 Å². The topological polar surface area (TPSA) is 46.6 Å². The molecule has 1 aliphatic carbocycles. The molecule has 4 heteroatoms. The zero-order valence-corrected chi connectivity index (χ0v) is 13.3. The van der Waals surface area contributed by atoms with E-state index in [4.69, 9.17) is 4.74 Å². The van der Waals surface area contributed by atoms with E-state index >= 15 is 0 Å². The van der Waals surface area contributed by atoms with E-state index in [-0.39, 0.29) is 24.3 Å². The Hall–Kier alpha value is -1.84. The maximum atomic E-state index is 12.6. The monoisotopic (exact) mass is 303 g/mol. The molecule has 0 spiro atoms. The van der Waals surface area contributed by atoms with E-state index in [1.807, 2.05) is 35.2 Å². The molecular weight excluding hydrogens is 278 g/mol. The van der Waals surface area contributed by atoms with Crippen molar-refractivity contribution in [3.05, 3.63) is 35.9 Å². The van der Waals surface area contributed by atoms with Crippen molar-refractivity contribution in [2.75, 3.05) is 13.2 Å². The van der Waals surface area contributed by atoms with Crippen LogP contribution in [0.15, 0.2) is 30.3 Å². The zero-order valence-electron chi connectivity index (χ0n) is 13.3. The molecule has 0 radical (unpaired) electrons. The predicted molar refractivity (Wildman–Crippen MR) is 85.4 cm³/mol. The Balaban J connectivity index is 1.96. The molecule has 0 unspecified atom stereocenters. The highest BCUT2D eigenvalue weighted by Gasteiger charge is 2.27. The van der Waals surface area contributed by atoms with E-state index in [0.29, 0.717) is 19.6 Å². The number of rotatable bonds is 7. The number of hydrogen-bond donors (Lipinski definition) is 0. The second-order valence-corrected chi connectivity index (χ2v) is 5.74. The molecule has 1 aromatic rings. The minimum absolute atomic E-state index is 0.113. The van der Waals surface area contributed by atoms with Crippen LogP contribution in [0.1, 0.15) is 44.6 Å². The second kappa shape index (κ2) is 8.57. The van der Waals surface area contributed by atoms with Crippen LogP contribution in [-0.4, -0.2) is 36.0 Å². The van der Waals surface area contributed by atoms with Gasteiger partial charge in [-0.15, -0.1) is 0 Å². The number of esters is 1. The lowest BCUT2D eigenvalue weighted by Crippen LogP contribution is -2.41. The molecule has 0 aromatic heterocycles. The summed E-state index contributed by atoms with van der Waals surface area (Å²) >= 11 is 0. The lowest BCUT2D eigenvalue weighted by atomic mass is 10.1. The van der Waals surface area contributed by atoms with Gasteiger partial charge in [0.05, 0.1) is 19.4 Å². The number of carbonyl (C=O) groups excluding carboxylic acids is 2. The molecule has 1 aromatic carbocycles. The van der Waals surface area contributed by atoms with Crippen molar-refractivity contribution in [3.63, 3.8) is 0 Å². The van der Waals surface area contributed by atoms with Crippen LogP contribution in [0.3, 0.4) is 0 Å². The molecule has 0 bridgehead atoms. The molecule has 0 N–H and O–H groups in total. The van der Waals surface area contributed by atoms with Crippen LogP contribution in [0, 0.1) is 0 Å². The third kappa shape index (κ3) is 4.86. The Kier molecular flexibility index (Phi) is 6.44. The summed E-state index contributed by atoms with van der Waals surface area (Å²) in [5, 5.41) is 0. The van der Waals surface area contributed by atoms with Crippen molar-refractivity contribution in [2.24, 2.45) is 0 Å². The lowest BCUT2D eigenvalue weighted by molar-refractivity contribution is -0.144. The van der Waals surface area contributed by atoms with Crippen LogP contribution in [-0.2, 0) is 20.7 Å². The van der Waals surface area contributed by atoms with Gasteiger partial charge in [-0.1, -0.05) is 43.2 Å². The third-order valence-corrected chi connectivity index (χ3v) is 4.15. The second-order valence-electron chi connectivity index (χ2n) is 5.74. The summed E-state index contributed by atoms with van der Waals surface area (Å²) in [5.74, 6) is -0.111. The smallest absolute Gasteiger partial charge is 0.307 e. The third-order valence-electron chi connectivity index (χ3n) is 4.15. The van der Waals surface area contributed by atoms with E-state index in [1.165, 1.54) is 12.8 Å². The Morgan fingerprint density at radius 1 is 1.18 bits per heavy atom. The van der Waals surface area contributed by atoms with Crippen LogP contribution >= 0.6 is 0 Å². The maximum absolute atomic E-state index is 12.6. The average molecular weight is 303 g/mol. The molecule has 1 fully saturated rings. The minimum atomic E-state index is -0.224. The van der Waals surface area contributed by atoms with Gasteiger partial charge >= 0.3 is 5.97 Å². The molecule has 0 atom stereocenters. The number of nitrogens with zero attached hydrogens (tertiary/aromatic N) is 1. The average Bonchev–Trinajstić information content (AvgIpc) is 3.03. The number of hydrogen-bond acceptors (Lipinski definition) is 3. The fourth-order valence-corrected chi connectivity index (χ4v) is 3.04. The summed E-state index contributed by atoms with van der Waals surface area (Å²) in [5.41, 5.74) is 1.02. The zero-order chi connectivity index (χ0) is 15.8. The quantitative estimate of drug-likeness (QED) is 0.728. The normalized spacial score (nSPS) is 14.8. The fraction of sp³-hybridized carbons (Fsp3) is 0.556. The first-order valence-corrected chi connectivity index (χ1v) is 8.19. The molecule has 22 heavy (non-hydrogen) atoms. The first-order valence-electron chi connectivity index (χ1n) is 8.19. The van der Waals surface area contributed by atoms with Gasteiger partial charge in [-0.2, -0.15) is 0 Å². The standard InChI is InChI=1S/C18H25NO3/c1-2-22-18(21)12-13-19(16-10-6-7-11-16)17(20)14-15-8-4-3-5-9-15/h3-5,8-9,16H,2,6-7,10-14H2,1H3. The van der Waals surface area contributed by atoms with E-state index in [9.17, 15) is 9.59 Å². The van der Waals surface area contributed by atoms with Crippen LogP contribution in [0.2, 0.25) is 0 Å². The number of benzene rings is 1. The van der Waals surface area contributed by atoms with Crippen LogP contribution in [0.5, 0.6) is 0 Å². The van der Waals surface area contributed by atoms with Crippen molar-refractivity contribution < 1.29 is 14.3 Å². The summed E-state index contributed by atoms with van der Waals surface area (Å²) in [6, 6.07) is 10.1. The Morgan fingerprint density at radius 3 is 2.50 bits per heavy atom. The molecular formula is C18H25NO3.